The summed E-state index contributed by atoms with van der Waals surface area (Å²) in [4.78, 5) is 52.1. The van der Waals surface area contributed by atoms with Gasteiger partial charge in [-0.15, -0.1) is 0 Å². The largest absolute Gasteiger partial charge is 0.452 e. The molecule has 7 nitrogen and oxygen atoms in total. The van der Waals surface area contributed by atoms with Crippen LogP contribution in [0.1, 0.15) is 42.2 Å². The normalized spacial score (nSPS) is 12.5. The lowest BCUT2D eigenvalue weighted by molar-refractivity contribution is -0.133. The molecule has 0 aliphatic carbocycles. The molecule has 0 bridgehead atoms. The van der Waals surface area contributed by atoms with E-state index in [4.69, 9.17) is 16.3 Å². The second-order valence-corrected chi connectivity index (χ2v) is 8.37. The molecule has 1 aliphatic heterocycles. The predicted octanol–water partition coefficient (Wildman–Crippen LogP) is 4.09. The zero-order valence-corrected chi connectivity index (χ0v) is 19.4. The number of carbonyl (C=O) groups is 4. The average Bonchev–Trinajstić information content (AvgIpc) is 3.10. The summed E-state index contributed by atoms with van der Waals surface area (Å²) >= 11 is 5.99. The molecule has 0 fully saturated rings. The zero-order valence-electron chi connectivity index (χ0n) is 18.7. The number of likely N-dealkylation sites (N-methyl/N-ethyl adjacent to an activating group) is 1. The van der Waals surface area contributed by atoms with Crippen molar-refractivity contribution < 1.29 is 28.3 Å². The van der Waals surface area contributed by atoms with Crippen molar-refractivity contribution in [2.45, 2.75) is 13.1 Å². The van der Waals surface area contributed by atoms with Gasteiger partial charge in [0.1, 0.15) is 5.82 Å². The molecule has 0 N–H and O–H groups in total. The third kappa shape index (κ3) is 5.07. The Balaban J connectivity index is 1.32. The Hall–Kier alpha value is -4.04. The van der Waals surface area contributed by atoms with Crippen LogP contribution in [0.5, 0.6) is 0 Å². The number of imide groups is 1. The highest BCUT2D eigenvalue weighted by Crippen LogP contribution is 2.24. The van der Waals surface area contributed by atoms with E-state index in [1.54, 1.807) is 36.4 Å². The van der Waals surface area contributed by atoms with Crippen LogP contribution in [0, 0.1) is 5.82 Å². The Kier molecular flexibility index (Phi) is 6.93. The highest BCUT2D eigenvalue weighted by Gasteiger charge is 2.34. The highest BCUT2D eigenvalue weighted by molar-refractivity contribution is 6.31. The van der Waals surface area contributed by atoms with Crippen molar-refractivity contribution in [3.63, 3.8) is 0 Å². The lowest BCUT2D eigenvalue weighted by Gasteiger charge is -2.18. The number of halogens is 2. The highest BCUT2D eigenvalue weighted by atomic mass is 35.5. The second-order valence-electron chi connectivity index (χ2n) is 7.97. The molecule has 3 aromatic carbocycles. The van der Waals surface area contributed by atoms with Crippen LogP contribution >= 0.6 is 11.6 Å². The maximum atomic E-state index is 13.9. The van der Waals surface area contributed by atoms with Crippen LogP contribution < -0.4 is 0 Å². The number of hydrogen-bond acceptors (Lipinski definition) is 5. The van der Waals surface area contributed by atoms with E-state index in [0.29, 0.717) is 16.7 Å². The van der Waals surface area contributed by atoms with E-state index in [0.717, 1.165) is 4.90 Å². The van der Waals surface area contributed by atoms with Gasteiger partial charge in [-0.05, 0) is 42.0 Å². The van der Waals surface area contributed by atoms with Crippen LogP contribution in [0.2, 0.25) is 5.02 Å². The van der Waals surface area contributed by atoms with E-state index in [1.165, 1.54) is 42.3 Å². The van der Waals surface area contributed by atoms with Crippen molar-refractivity contribution in [1.82, 2.24) is 9.80 Å². The summed E-state index contributed by atoms with van der Waals surface area (Å²) in [5.41, 5.74) is 1.75. The van der Waals surface area contributed by atoms with Gasteiger partial charge < -0.3 is 9.64 Å². The maximum absolute atomic E-state index is 13.9. The molecule has 0 unspecified atom stereocenters. The van der Waals surface area contributed by atoms with Crippen LogP contribution in [0.15, 0.2) is 66.7 Å². The lowest BCUT2D eigenvalue weighted by Crippen LogP contribution is -2.31. The minimum absolute atomic E-state index is 0.0591. The molecule has 3 amide bonds. The number of esters is 1. The Morgan fingerprint density at radius 3 is 2.17 bits per heavy atom. The summed E-state index contributed by atoms with van der Waals surface area (Å²) in [6, 6.07) is 17.0. The molecule has 35 heavy (non-hydrogen) atoms. The molecule has 0 spiro atoms. The number of amides is 3. The summed E-state index contributed by atoms with van der Waals surface area (Å²) in [5.74, 6) is -2.51. The van der Waals surface area contributed by atoms with Crippen LogP contribution in [0.3, 0.4) is 0 Å². The van der Waals surface area contributed by atoms with E-state index < -0.39 is 24.3 Å². The fourth-order valence-corrected chi connectivity index (χ4v) is 3.86. The first-order chi connectivity index (χ1) is 16.8. The molecule has 0 saturated heterocycles. The molecule has 1 aliphatic rings. The Bertz CT molecular complexity index is 1270. The van der Waals surface area contributed by atoms with Crippen LogP contribution in [0.25, 0.3) is 0 Å². The number of hydrogen-bond donors (Lipinski definition) is 0. The van der Waals surface area contributed by atoms with Crippen LogP contribution in [-0.2, 0) is 22.6 Å². The third-order valence-corrected chi connectivity index (χ3v) is 5.97. The molecule has 178 valence electrons. The zero-order chi connectivity index (χ0) is 25.1. The first-order valence-corrected chi connectivity index (χ1v) is 11.0. The molecule has 9 heteroatoms. The number of rotatable bonds is 7. The number of carbonyl (C=O) groups excluding carboxylic acids is 4. The number of fused-ring (bicyclic) bond motifs is 1. The predicted molar refractivity (Wildman–Crippen MR) is 125 cm³/mol. The van der Waals surface area contributed by atoms with E-state index in [2.05, 4.69) is 0 Å². The van der Waals surface area contributed by atoms with Gasteiger partial charge in [0.15, 0.2) is 6.61 Å². The van der Waals surface area contributed by atoms with Gasteiger partial charge in [0.25, 0.3) is 17.7 Å². The van der Waals surface area contributed by atoms with Gasteiger partial charge in [-0.1, -0.05) is 41.9 Å². The fraction of sp³-hybridized carbons (Fsp3) is 0.154. The molecule has 0 aromatic heterocycles. The maximum Gasteiger partial charge on any atom is 0.338 e. The summed E-state index contributed by atoms with van der Waals surface area (Å²) in [5, 5.41) is 0.197. The standard InChI is InChI=1S/C26H20ClFN2O5/c1-29(14-20-21(27)7-4-8-22(20)28)23(31)15-35-26(34)17-11-9-16(10-12-17)13-30-24(32)18-5-2-3-6-19(18)25(30)33/h2-12H,13-15H2,1H3. The monoisotopic (exact) mass is 494 g/mol. The Morgan fingerprint density at radius 1 is 0.943 bits per heavy atom. The van der Waals surface area contributed by atoms with Crippen molar-refractivity contribution in [2.75, 3.05) is 13.7 Å². The molecule has 3 aromatic rings. The minimum atomic E-state index is -0.719. The van der Waals surface area contributed by atoms with E-state index in [1.807, 2.05) is 0 Å². The van der Waals surface area contributed by atoms with Gasteiger partial charge in [-0.3, -0.25) is 19.3 Å². The van der Waals surface area contributed by atoms with Crippen molar-refractivity contribution >= 4 is 35.3 Å². The summed E-state index contributed by atoms with van der Waals surface area (Å²) < 4.78 is 19.0. The third-order valence-electron chi connectivity index (χ3n) is 5.62. The van der Waals surface area contributed by atoms with E-state index >= 15 is 0 Å². The first kappa shape index (κ1) is 24.1. The Labute approximate surface area is 205 Å². The summed E-state index contributed by atoms with van der Waals surface area (Å²) in [7, 11) is 1.45. The van der Waals surface area contributed by atoms with Gasteiger partial charge in [0, 0.05) is 24.2 Å². The van der Waals surface area contributed by atoms with E-state index in [9.17, 15) is 23.6 Å². The van der Waals surface area contributed by atoms with Crippen LogP contribution in [0.4, 0.5) is 4.39 Å². The quantitative estimate of drug-likeness (QED) is 0.365. The van der Waals surface area contributed by atoms with Crippen molar-refractivity contribution in [3.8, 4) is 0 Å². The van der Waals surface area contributed by atoms with Crippen LogP contribution in [-0.4, -0.2) is 47.1 Å². The molecule has 0 saturated carbocycles. The second kappa shape index (κ2) is 10.1. The van der Waals surface area contributed by atoms with E-state index in [-0.39, 0.29) is 41.1 Å². The van der Waals surface area contributed by atoms with Gasteiger partial charge in [0.05, 0.1) is 23.2 Å². The Morgan fingerprint density at radius 2 is 1.57 bits per heavy atom. The van der Waals surface area contributed by atoms with Gasteiger partial charge in [-0.25, -0.2) is 9.18 Å². The van der Waals surface area contributed by atoms with Crippen molar-refractivity contribution in [3.05, 3.63) is 105 Å². The SMILES string of the molecule is CN(Cc1c(F)cccc1Cl)C(=O)COC(=O)c1ccc(CN2C(=O)c3ccccc3C2=O)cc1. The summed E-state index contributed by atoms with van der Waals surface area (Å²) in [6.45, 7) is -0.545. The average molecular weight is 495 g/mol. The summed E-state index contributed by atoms with van der Waals surface area (Å²) in [6.07, 6.45) is 0. The van der Waals surface area contributed by atoms with Crippen molar-refractivity contribution in [1.29, 1.82) is 0 Å². The van der Waals surface area contributed by atoms with Gasteiger partial charge in [-0.2, -0.15) is 0 Å². The minimum Gasteiger partial charge on any atom is -0.452 e. The lowest BCUT2D eigenvalue weighted by atomic mass is 10.1. The number of benzene rings is 3. The molecular weight excluding hydrogens is 475 g/mol. The first-order valence-electron chi connectivity index (χ1n) is 10.6. The molecular formula is C26H20ClFN2O5. The number of ether oxygens (including phenoxy) is 1. The molecule has 0 atom stereocenters. The fourth-order valence-electron chi connectivity index (χ4n) is 3.64. The molecule has 1 heterocycles. The molecule has 4 rings (SSSR count). The molecule has 0 radical (unpaired) electrons. The number of nitrogens with zero attached hydrogens (tertiary/aromatic N) is 2. The smallest absolute Gasteiger partial charge is 0.338 e. The van der Waals surface area contributed by atoms with Gasteiger partial charge >= 0.3 is 5.97 Å². The van der Waals surface area contributed by atoms with Crippen molar-refractivity contribution in [2.24, 2.45) is 0 Å². The topological polar surface area (TPSA) is 84.0 Å². The van der Waals surface area contributed by atoms with Gasteiger partial charge in [0.2, 0.25) is 0 Å².